The van der Waals surface area contributed by atoms with Gasteiger partial charge < -0.3 is 9.97 Å². The first kappa shape index (κ1) is 22.3. The largest absolute Gasteiger partial charge is 0.359 e. The van der Waals surface area contributed by atoms with Crippen LogP contribution in [0, 0.1) is 12.7 Å². The number of aromatic nitrogens is 8. The van der Waals surface area contributed by atoms with Crippen molar-refractivity contribution >= 4 is 28.1 Å². The summed E-state index contributed by atoms with van der Waals surface area (Å²) in [5.41, 5.74) is 6.02. The Balaban J connectivity index is 1.18. The minimum atomic E-state index is -0.441. The minimum absolute atomic E-state index is 0.0887. The fourth-order valence-corrected chi connectivity index (χ4v) is 5.94. The van der Waals surface area contributed by atoms with Crippen LogP contribution >= 0.6 is 11.6 Å². The minimum Gasteiger partial charge on any atom is -0.359 e. The Labute approximate surface area is 216 Å². The first-order valence-corrected chi connectivity index (χ1v) is 12.6. The van der Waals surface area contributed by atoms with E-state index in [2.05, 4.69) is 47.5 Å². The van der Waals surface area contributed by atoms with E-state index in [1.807, 2.05) is 25.5 Å². The lowest BCUT2D eigenvalue weighted by molar-refractivity contribution is 0.205. The van der Waals surface area contributed by atoms with Crippen LogP contribution in [0.1, 0.15) is 42.4 Å². The molecular formula is C26H23ClFN9. The van der Waals surface area contributed by atoms with E-state index in [4.69, 9.17) is 16.6 Å². The van der Waals surface area contributed by atoms with Crippen molar-refractivity contribution in [1.82, 2.24) is 45.0 Å². The fraction of sp³-hybridized carbons (Fsp3) is 0.269. The molecule has 2 N–H and O–H groups in total. The zero-order valence-corrected chi connectivity index (χ0v) is 20.7. The molecule has 0 bridgehead atoms. The molecule has 1 aromatic carbocycles. The molecule has 0 radical (unpaired) electrons. The van der Waals surface area contributed by atoms with Gasteiger partial charge in [-0.05, 0) is 60.4 Å². The summed E-state index contributed by atoms with van der Waals surface area (Å²) >= 11 is 6.18. The molecule has 37 heavy (non-hydrogen) atoms. The Morgan fingerprint density at radius 3 is 2.95 bits per heavy atom. The van der Waals surface area contributed by atoms with Crippen LogP contribution < -0.4 is 0 Å². The molecule has 1 unspecified atom stereocenters. The number of fused-ring (bicyclic) bond motifs is 2. The van der Waals surface area contributed by atoms with Crippen LogP contribution in [0.4, 0.5) is 4.39 Å². The Hall–Kier alpha value is -3.89. The number of benzene rings is 1. The highest BCUT2D eigenvalue weighted by Gasteiger charge is 2.38. The maximum atomic E-state index is 15.3. The van der Waals surface area contributed by atoms with Crippen LogP contribution in [-0.2, 0) is 0 Å². The summed E-state index contributed by atoms with van der Waals surface area (Å²) in [6.45, 7) is 2.69. The van der Waals surface area contributed by atoms with Crippen molar-refractivity contribution in [3.63, 3.8) is 0 Å². The third kappa shape index (κ3) is 3.67. The summed E-state index contributed by atoms with van der Waals surface area (Å²) in [6, 6.07) is 5.84. The molecule has 0 spiro atoms. The van der Waals surface area contributed by atoms with Crippen molar-refractivity contribution < 1.29 is 4.39 Å². The Bertz CT molecular complexity index is 1650. The Morgan fingerprint density at radius 2 is 2.08 bits per heavy atom. The van der Waals surface area contributed by atoms with Crippen molar-refractivity contribution in [2.24, 2.45) is 0 Å². The maximum Gasteiger partial charge on any atom is 0.151 e. The summed E-state index contributed by atoms with van der Waals surface area (Å²) in [7, 11) is 0. The van der Waals surface area contributed by atoms with Gasteiger partial charge in [-0.2, -0.15) is 4.68 Å². The fourth-order valence-electron chi connectivity index (χ4n) is 5.78. The predicted octanol–water partition coefficient (Wildman–Crippen LogP) is 5.02. The highest BCUT2D eigenvalue weighted by molar-refractivity contribution is 6.31. The van der Waals surface area contributed by atoms with E-state index in [9.17, 15) is 0 Å². The van der Waals surface area contributed by atoms with Crippen molar-refractivity contribution in [1.29, 1.82) is 0 Å². The van der Waals surface area contributed by atoms with Gasteiger partial charge in [0.1, 0.15) is 12.2 Å². The average molecular weight is 516 g/mol. The summed E-state index contributed by atoms with van der Waals surface area (Å²) < 4.78 is 16.8. The molecule has 7 rings (SSSR count). The van der Waals surface area contributed by atoms with E-state index in [1.165, 1.54) is 11.0 Å². The van der Waals surface area contributed by atoms with Crippen LogP contribution in [0.25, 0.3) is 33.4 Å². The number of nitrogens with one attached hydrogen (secondary N) is 2. The molecule has 6 heterocycles. The molecule has 0 saturated carbocycles. The molecule has 2 aliphatic rings. The second kappa shape index (κ2) is 8.60. The monoisotopic (exact) mass is 515 g/mol. The molecule has 4 aromatic heterocycles. The van der Waals surface area contributed by atoms with Gasteiger partial charge in [-0.1, -0.05) is 17.7 Å². The van der Waals surface area contributed by atoms with Crippen molar-refractivity contribution in [2.75, 3.05) is 6.54 Å². The number of aryl methyl sites for hydroxylation is 1. The second-order valence-corrected chi connectivity index (χ2v) is 10.1. The number of imidazole rings is 1. The lowest BCUT2D eigenvalue weighted by Crippen LogP contribution is -2.35. The van der Waals surface area contributed by atoms with E-state index in [0.29, 0.717) is 24.2 Å². The lowest BCUT2D eigenvalue weighted by atomic mass is 9.92. The van der Waals surface area contributed by atoms with E-state index in [0.717, 1.165) is 52.1 Å². The smallest absolute Gasteiger partial charge is 0.151 e. The molecule has 0 amide bonds. The number of rotatable bonds is 4. The standard InChI is InChI=1S/C26H23ClFN9/c1-14-8-17-18(10-30-20(17)11-29-14)21-12-31-26(33-21)23-4-2-16-9-15(6-7-36(16)23)24-22(37-13-32-34-35-37)5-3-19(27)25(24)28/h3,5-6,8,10-13,16,23,30H,2,4,7,9H2,1H3,(H,31,33)/t16?,23-/m0/s1. The number of tetrazole rings is 1. The number of H-pyrrole nitrogens is 2. The second-order valence-electron chi connectivity index (χ2n) is 9.64. The Morgan fingerprint density at radius 1 is 1.16 bits per heavy atom. The highest BCUT2D eigenvalue weighted by Crippen LogP contribution is 2.43. The number of pyridine rings is 1. The SMILES string of the molecule is Cc1cc2c(-c3cnc([C@@H]4CCC5CC(c6c(-n7cnnn7)ccc(Cl)c6F)=CCN54)[nH]3)c[nH]c2cn1. The van der Waals surface area contributed by atoms with Crippen LogP contribution in [0.3, 0.4) is 0 Å². The number of hydrogen-bond acceptors (Lipinski definition) is 6. The normalized spacial score (nSPS) is 19.9. The highest BCUT2D eigenvalue weighted by atomic mass is 35.5. The van der Waals surface area contributed by atoms with Crippen LogP contribution in [0.5, 0.6) is 0 Å². The van der Waals surface area contributed by atoms with Gasteiger partial charge >= 0.3 is 0 Å². The van der Waals surface area contributed by atoms with Gasteiger partial charge in [0.15, 0.2) is 5.82 Å². The van der Waals surface area contributed by atoms with Gasteiger partial charge in [0.25, 0.3) is 0 Å². The third-order valence-electron chi connectivity index (χ3n) is 7.54. The average Bonchev–Trinajstić information content (AvgIpc) is 3.70. The van der Waals surface area contributed by atoms with E-state index < -0.39 is 5.82 Å². The topological polar surface area (TPSA) is 104 Å². The van der Waals surface area contributed by atoms with Gasteiger partial charge in [-0.25, -0.2) is 9.37 Å². The summed E-state index contributed by atoms with van der Waals surface area (Å²) in [5.74, 6) is 0.515. The van der Waals surface area contributed by atoms with Gasteiger partial charge in [0.2, 0.25) is 0 Å². The van der Waals surface area contributed by atoms with Gasteiger partial charge in [0, 0.05) is 41.0 Å². The first-order valence-electron chi connectivity index (χ1n) is 12.2. The molecule has 186 valence electrons. The van der Waals surface area contributed by atoms with Crippen LogP contribution in [0.15, 0.2) is 49.2 Å². The van der Waals surface area contributed by atoms with Crippen molar-refractivity contribution in [2.45, 2.75) is 38.3 Å². The zero-order chi connectivity index (χ0) is 25.1. The molecule has 2 aliphatic heterocycles. The number of nitrogens with zero attached hydrogens (tertiary/aromatic N) is 7. The van der Waals surface area contributed by atoms with Gasteiger partial charge in [0.05, 0.1) is 40.4 Å². The van der Waals surface area contributed by atoms with Gasteiger partial charge in [-0.3, -0.25) is 9.88 Å². The van der Waals surface area contributed by atoms with E-state index >= 15 is 4.39 Å². The molecule has 9 nitrogen and oxygen atoms in total. The Kier molecular flexibility index (Phi) is 5.19. The lowest BCUT2D eigenvalue weighted by Gasteiger charge is -2.33. The van der Waals surface area contributed by atoms with Crippen LogP contribution in [-0.4, -0.2) is 57.6 Å². The van der Waals surface area contributed by atoms with Gasteiger partial charge in [-0.15, -0.1) is 5.10 Å². The molecule has 5 aromatic rings. The molecule has 2 atom stereocenters. The maximum absolute atomic E-state index is 15.3. The molecule has 0 aliphatic carbocycles. The number of aromatic amines is 2. The number of hydrogen-bond donors (Lipinski definition) is 2. The zero-order valence-electron chi connectivity index (χ0n) is 20.0. The van der Waals surface area contributed by atoms with Crippen molar-refractivity contribution in [3.05, 3.63) is 77.1 Å². The molecule has 1 fully saturated rings. The summed E-state index contributed by atoms with van der Waals surface area (Å²) in [4.78, 5) is 18.5. The quantitative estimate of drug-likeness (QED) is 0.348. The van der Waals surface area contributed by atoms with E-state index in [1.54, 1.807) is 12.1 Å². The van der Waals surface area contributed by atoms with Crippen LogP contribution in [0.2, 0.25) is 5.02 Å². The first-order chi connectivity index (χ1) is 18.1. The van der Waals surface area contributed by atoms with Crippen molar-refractivity contribution in [3.8, 4) is 16.9 Å². The number of halogens is 2. The summed E-state index contributed by atoms with van der Waals surface area (Å²) in [6.07, 6.45) is 12.0. The molecule has 11 heteroatoms. The summed E-state index contributed by atoms with van der Waals surface area (Å²) in [5, 5.41) is 12.6. The molecular weight excluding hydrogens is 493 g/mol. The predicted molar refractivity (Wildman–Crippen MR) is 138 cm³/mol. The molecule has 1 saturated heterocycles. The third-order valence-corrected chi connectivity index (χ3v) is 7.83. The van der Waals surface area contributed by atoms with E-state index in [-0.39, 0.29) is 17.1 Å².